The first-order valence-electron chi connectivity index (χ1n) is 6.21. The Kier molecular flexibility index (Phi) is 2.03. The van der Waals surface area contributed by atoms with Crippen LogP contribution < -0.4 is 4.74 Å². The SMILES string of the molecule is COc1ccc2nc3ccc4ccccc4n3c2c1. The van der Waals surface area contributed by atoms with Crippen molar-refractivity contribution in [1.29, 1.82) is 0 Å². The van der Waals surface area contributed by atoms with Crippen LogP contribution in [0.2, 0.25) is 0 Å². The van der Waals surface area contributed by atoms with Gasteiger partial charge >= 0.3 is 0 Å². The van der Waals surface area contributed by atoms with Crippen LogP contribution >= 0.6 is 0 Å². The molecule has 0 aliphatic rings. The summed E-state index contributed by atoms with van der Waals surface area (Å²) in [4.78, 5) is 4.65. The average Bonchev–Trinajstić information content (AvgIpc) is 2.85. The van der Waals surface area contributed by atoms with Crippen LogP contribution in [0.3, 0.4) is 0 Å². The van der Waals surface area contributed by atoms with Gasteiger partial charge in [0.1, 0.15) is 11.4 Å². The van der Waals surface area contributed by atoms with Crippen molar-refractivity contribution < 1.29 is 4.74 Å². The highest BCUT2D eigenvalue weighted by Gasteiger charge is 2.08. The summed E-state index contributed by atoms with van der Waals surface area (Å²) in [6.07, 6.45) is 0. The number of fused-ring (bicyclic) bond motifs is 5. The minimum Gasteiger partial charge on any atom is -0.497 e. The minimum atomic E-state index is 0.849. The fraction of sp³-hybridized carbons (Fsp3) is 0.0625. The lowest BCUT2D eigenvalue weighted by Crippen LogP contribution is -1.88. The molecule has 2 aromatic carbocycles. The summed E-state index contributed by atoms with van der Waals surface area (Å²) in [5.41, 5.74) is 4.18. The van der Waals surface area contributed by atoms with Gasteiger partial charge in [0.2, 0.25) is 0 Å². The molecule has 4 rings (SSSR count). The predicted molar refractivity (Wildman–Crippen MR) is 76.8 cm³/mol. The number of methoxy groups -OCH3 is 1. The first-order valence-corrected chi connectivity index (χ1v) is 6.21. The van der Waals surface area contributed by atoms with Gasteiger partial charge in [-0.3, -0.25) is 4.40 Å². The topological polar surface area (TPSA) is 26.5 Å². The van der Waals surface area contributed by atoms with Gasteiger partial charge in [-0.15, -0.1) is 0 Å². The van der Waals surface area contributed by atoms with Crippen LogP contribution in [-0.2, 0) is 0 Å². The molecule has 0 amide bonds. The van der Waals surface area contributed by atoms with E-state index in [9.17, 15) is 0 Å². The van der Waals surface area contributed by atoms with E-state index in [-0.39, 0.29) is 0 Å². The maximum Gasteiger partial charge on any atom is 0.138 e. The van der Waals surface area contributed by atoms with Crippen molar-refractivity contribution in [2.45, 2.75) is 0 Å². The third kappa shape index (κ3) is 1.41. The van der Waals surface area contributed by atoms with Crippen molar-refractivity contribution in [3.63, 3.8) is 0 Å². The van der Waals surface area contributed by atoms with Crippen molar-refractivity contribution in [3.8, 4) is 5.75 Å². The van der Waals surface area contributed by atoms with Gasteiger partial charge in [-0.25, -0.2) is 4.98 Å². The van der Waals surface area contributed by atoms with Gasteiger partial charge in [-0.05, 0) is 35.7 Å². The van der Waals surface area contributed by atoms with Crippen molar-refractivity contribution in [3.05, 3.63) is 54.6 Å². The number of hydrogen-bond acceptors (Lipinski definition) is 2. The molecule has 2 aromatic heterocycles. The van der Waals surface area contributed by atoms with E-state index in [0.717, 1.165) is 27.9 Å². The van der Waals surface area contributed by atoms with Crippen molar-refractivity contribution in [1.82, 2.24) is 9.38 Å². The van der Waals surface area contributed by atoms with Gasteiger partial charge in [0.05, 0.1) is 23.7 Å². The number of benzene rings is 2. The molecule has 0 saturated carbocycles. The Balaban J connectivity index is 2.27. The summed E-state index contributed by atoms with van der Waals surface area (Å²) in [6.45, 7) is 0. The maximum atomic E-state index is 5.31. The van der Waals surface area contributed by atoms with Crippen LogP contribution in [0.4, 0.5) is 0 Å². The molecule has 0 aliphatic heterocycles. The van der Waals surface area contributed by atoms with Gasteiger partial charge in [0, 0.05) is 6.07 Å². The number of aromatic nitrogens is 2. The molecule has 19 heavy (non-hydrogen) atoms. The number of nitrogens with zero attached hydrogens (tertiary/aromatic N) is 2. The number of hydrogen-bond donors (Lipinski definition) is 0. The third-order valence-electron chi connectivity index (χ3n) is 3.48. The Hall–Kier alpha value is -2.55. The van der Waals surface area contributed by atoms with Gasteiger partial charge < -0.3 is 4.74 Å². The van der Waals surface area contributed by atoms with Crippen LogP contribution in [0.1, 0.15) is 0 Å². The fourth-order valence-corrected chi connectivity index (χ4v) is 2.56. The number of ether oxygens (including phenoxy) is 1. The molecule has 0 saturated heterocycles. The van der Waals surface area contributed by atoms with Gasteiger partial charge in [-0.1, -0.05) is 18.2 Å². The molecule has 0 spiro atoms. The zero-order valence-corrected chi connectivity index (χ0v) is 10.5. The number of para-hydroxylation sites is 1. The second-order valence-corrected chi connectivity index (χ2v) is 4.55. The summed E-state index contributed by atoms with van der Waals surface area (Å²) in [6, 6.07) is 18.4. The lowest BCUT2D eigenvalue weighted by atomic mass is 10.2. The van der Waals surface area contributed by atoms with Crippen LogP contribution in [-0.4, -0.2) is 16.5 Å². The molecular formula is C16H12N2O. The van der Waals surface area contributed by atoms with Crippen molar-refractivity contribution in [2.75, 3.05) is 7.11 Å². The summed E-state index contributed by atoms with van der Waals surface area (Å²) >= 11 is 0. The van der Waals surface area contributed by atoms with E-state index in [4.69, 9.17) is 4.74 Å². The lowest BCUT2D eigenvalue weighted by Gasteiger charge is -2.03. The fourth-order valence-electron chi connectivity index (χ4n) is 2.56. The lowest BCUT2D eigenvalue weighted by molar-refractivity contribution is 0.415. The van der Waals surface area contributed by atoms with Gasteiger partial charge in [-0.2, -0.15) is 0 Å². The van der Waals surface area contributed by atoms with Crippen LogP contribution in [0.5, 0.6) is 5.75 Å². The van der Waals surface area contributed by atoms with E-state index >= 15 is 0 Å². The predicted octanol–water partition coefficient (Wildman–Crippen LogP) is 3.65. The zero-order chi connectivity index (χ0) is 12.8. The van der Waals surface area contributed by atoms with E-state index in [0.29, 0.717) is 0 Å². The molecule has 4 aromatic rings. The highest BCUT2D eigenvalue weighted by atomic mass is 16.5. The maximum absolute atomic E-state index is 5.31. The molecule has 0 N–H and O–H groups in total. The first kappa shape index (κ1) is 10.4. The van der Waals surface area contributed by atoms with E-state index in [1.165, 1.54) is 5.39 Å². The van der Waals surface area contributed by atoms with E-state index in [1.807, 2.05) is 30.3 Å². The average molecular weight is 248 g/mol. The molecule has 3 nitrogen and oxygen atoms in total. The number of pyridine rings is 1. The molecule has 0 aliphatic carbocycles. The summed E-state index contributed by atoms with van der Waals surface area (Å²) in [5, 5.41) is 1.21. The first-order chi connectivity index (χ1) is 9.36. The minimum absolute atomic E-state index is 0.849. The Morgan fingerprint density at radius 2 is 1.84 bits per heavy atom. The summed E-state index contributed by atoms with van der Waals surface area (Å²) in [5.74, 6) is 0.849. The molecule has 3 heteroatoms. The standard InChI is InChI=1S/C16H12N2O/c1-19-12-7-8-13-15(10-12)18-14-5-3-2-4-11(14)6-9-16(18)17-13/h2-10H,1H3. The van der Waals surface area contributed by atoms with Crippen LogP contribution in [0, 0.1) is 0 Å². The molecule has 0 fully saturated rings. The van der Waals surface area contributed by atoms with Crippen LogP contribution in [0.25, 0.3) is 27.6 Å². The quantitative estimate of drug-likeness (QED) is 0.514. The molecule has 2 heterocycles. The zero-order valence-electron chi connectivity index (χ0n) is 10.5. The third-order valence-corrected chi connectivity index (χ3v) is 3.48. The van der Waals surface area contributed by atoms with Gasteiger partial charge in [0.15, 0.2) is 0 Å². The molecule has 0 radical (unpaired) electrons. The van der Waals surface area contributed by atoms with Gasteiger partial charge in [0.25, 0.3) is 0 Å². The Labute approximate surface area is 110 Å². The van der Waals surface area contributed by atoms with E-state index in [1.54, 1.807) is 7.11 Å². The number of imidazole rings is 1. The van der Waals surface area contributed by atoms with Crippen molar-refractivity contribution in [2.24, 2.45) is 0 Å². The summed E-state index contributed by atoms with van der Waals surface area (Å²) < 4.78 is 7.49. The largest absolute Gasteiger partial charge is 0.497 e. The van der Waals surface area contributed by atoms with E-state index in [2.05, 4.69) is 33.7 Å². The highest BCUT2D eigenvalue weighted by molar-refractivity contribution is 5.91. The highest BCUT2D eigenvalue weighted by Crippen LogP contribution is 2.25. The second-order valence-electron chi connectivity index (χ2n) is 4.55. The van der Waals surface area contributed by atoms with Crippen LogP contribution in [0.15, 0.2) is 54.6 Å². The Morgan fingerprint density at radius 3 is 2.74 bits per heavy atom. The smallest absolute Gasteiger partial charge is 0.138 e. The van der Waals surface area contributed by atoms with E-state index < -0.39 is 0 Å². The monoisotopic (exact) mass is 248 g/mol. The Bertz CT molecular complexity index is 908. The molecule has 0 atom stereocenters. The van der Waals surface area contributed by atoms with Crippen molar-refractivity contribution >= 4 is 27.6 Å². The Morgan fingerprint density at radius 1 is 0.947 bits per heavy atom. The molecule has 0 unspecified atom stereocenters. The number of rotatable bonds is 1. The molecule has 0 bridgehead atoms. The second kappa shape index (κ2) is 3.72. The summed E-state index contributed by atoms with van der Waals surface area (Å²) in [7, 11) is 1.68. The molecular weight excluding hydrogens is 236 g/mol. The normalized spacial score (nSPS) is 11.4. The molecule has 92 valence electrons.